The molecule has 1 aliphatic carbocycles. The van der Waals surface area contributed by atoms with Gasteiger partial charge < -0.3 is 10.4 Å². The maximum absolute atomic E-state index is 12.2. The van der Waals surface area contributed by atoms with Crippen molar-refractivity contribution in [3.05, 3.63) is 0 Å². The zero-order valence-electron chi connectivity index (χ0n) is 13.2. The van der Waals surface area contributed by atoms with E-state index in [1.165, 1.54) is 12.8 Å². The first-order valence-electron chi connectivity index (χ1n) is 8.30. The van der Waals surface area contributed by atoms with Crippen LogP contribution in [0.1, 0.15) is 58.8 Å². The van der Waals surface area contributed by atoms with Gasteiger partial charge in [0.1, 0.15) is 6.04 Å². The van der Waals surface area contributed by atoms with Crippen molar-refractivity contribution in [1.82, 2.24) is 10.2 Å². The van der Waals surface area contributed by atoms with Gasteiger partial charge in [-0.25, -0.2) is 0 Å². The van der Waals surface area contributed by atoms with Gasteiger partial charge in [-0.1, -0.05) is 19.8 Å². The highest BCUT2D eigenvalue weighted by atomic mass is 16.4. The second-order valence-electron chi connectivity index (χ2n) is 6.59. The fraction of sp³-hybridized carbons (Fsp3) is 0.875. The minimum absolute atomic E-state index is 0.0400. The Balaban J connectivity index is 2.05. The molecule has 0 aromatic rings. The number of carboxylic acids is 1. The summed E-state index contributed by atoms with van der Waals surface area (Å²) in [6.07, 6.45) is 7.16. The number of amides is 1. The first-order chi connectivity index (χ1) is 10.0. The third kappa shape index (κ3) is 3.96. The largest absolute Gasteiger partial charge is 0.480 e. The summed E-state index contributed by atoms with van der Waals surface area (Å²) in [5.41, 5.74) is 0. The van der Waals surface area contributed by atoms with Gasteiger partial charge in [-0.15, -0.1) is 0 Å². The zero-order chi connectivity index (χ0) is 15.4. The SMILES string of the molecule is CCC(C)NC(=O)CN1C(C(=O)O)CCC2CCCCC21. The molecule has 1 saturated heterocycles. The fourth-order valence-corrected chi connectivity index (χ4v) is 3.81. The minimum Gasteiger partial charge on any atom is -0.480 e. The van der Waals surface area contributed by atoms with E-state index < -0.39 is 12.0 Å². The highest BCUT2D eigenvalue weighted by molar-refractivity contribution is 5.80. The van der Waals surface area contributed by atoms with Gasteiger partial charge in [0.2, 0.25) is 5.91 Å². The molecule has 1 saturated carbocycles. The lowest BCUT2D eigenvalue weighted by Crippen LogP contribution is -2.57. The average molecular weight is 296 g/mol. The monoisotopic (exact) mass is 296 g/mol. The molecule has 5 nitrogen and oxygen atoms in total. The van der Waals surface area contributed by atoms with Crippen LogP contribution >= 0.6 is 0 Å². The number of hydrogen-bond donors (Lipinski definition) is 2. The van der Waals surface area contributed by atoms with Crippen molar-refractivity contribution < 1.29 is 14.7 Å². The number of nitrogens with zero attached hydrogens (tertiary/aromatic N) is 1. The molecule has 0 aromatic carbocycles. The first-order valence-corrected chi connectivity index (χ1v) is 8.30. The zero-order valence-corrected chi connectivity index (χ0v) is 13.2. The molecule has 4 unspecified atom stereocenters. The molecule has 1 heterocycles. The third-order valence-corrected chi connectivity index (χ3v) is 5.14. The molecule has 4 atom stereocenters. The highest BCUT2D eigenvalue weighted by Gasteiger charge is 2.41. The Hall–Kier alpha value is -1.10. The number of carbonyl (C=O) groups excluding carboxylic acids is 1. The molecule has 2 aliphatic rings. The van der Waals surface area contributed by atoms with E-state index in [0.29, 0.717) is 12.3 Å². The third-order valence-electron chi connectivity index (χ3n) is 5.14. The van der Waals surface area contributed by atoms with E-state index in [4.69, 9.17) is 0 Å². The molecule has 1 amide bonds. The number of likely N-dealkylation sites (tertiary alicyclic amines) is 1. The molecule has 1 aliphatic heterocycles. The van der Waals surface area contributed by atoms with Crippen LogP contribution in [0.2, 0.25) is 0 Å². The van der Waals surface area contributed by atoms with E-state index in [2.05, 4.69) is 5.32 Å². The van der Waals surface area contributed by atoms with Crippen LogP contribution in [0.25, 0.3) is 0 Å². The molecule has 0 bridgehead atoms. The van der Waals surface area contributed by atoms with Crippen molar-refractivity contribution in [2.45, 2.75) is 76.9 Å². The molecule has 21 heavy (non-hydrogen) atoms. The predicted octanol–water partition coefficient (Wildman–Crippen LogP) is 2.01. The Morgan fingerprint density at radius 3 is 2.62 bits per heavy atom. The first kappa shape index (κ1) is 16.3. The summed E-state index contributed by atoms with van der Waals surface area (Å²) in [5.74, 6) is -0.247. The van der Waals surface area contributed by atoms with E-state index in [1.807, 2.05) is 18.7 Å². The van der Waals surface area contributed by atoms with Gasteiger partial charge in [0.15, 0.2) is 0 Å². The lowest BCUT2D eigenvalue weighted by atomic mass is 9.76. The van der Waals surface area contributed by atoms with E-state index in [9.17, 15) is 14.7 Å². The van der Waals surface area contributed by atoms with Crippen LogP contribution < -0.4 is 5.32 Å². The van der Waals surface area contributed by atoms with Gasteiger partial charge in [0.25, 0.3) is 0 Å². The minimum atomic E-state index is -0.782. The van der Waals surface area contributed by atoms with Crippen molar-refractivity contribution in [3.8, 4) is 0 Å². The maximum Gasteiger partial charge on any atom is 0.320 e. The second kappa shape index (κ2) is 7.25. The van der Waals surface area contributed by atoms with Gasteiger partial charge in [-0.3, -0.25) is 14.5 Å². The number of hydrogen-bond acceptors (Lipinski definition) is 3. The van der Waals surface area contributed by atoms with E-state index in [1.54, 1.807) is 0 Å². The number of carboxylic acid groups (broad SMARTS) is 1. The van der Waals surface area contributed by atoms with Crippen LogP contribution in [0, 0.1) is 5.92 Å². The summed E-state index contributed by atoms with van der Waals surface area (Å²) in [6, 6.07) is -0.0731. The molecule has 0 radical (unpaired) electrons. The van der Waals surface area contributed by atoms with Gasteiger partial charge in [-0.05, 0) is 44.9 Å². The Kier molecular flexibility index (Phi) is 5.62. The second-order valence-corrected chi connectivity index (χ2v) is 6.59. The van der Waals surface area contributed by atoms with E-state index in [-0.39, 0.29) is 24.5 Å². The summed E-state index contributed by atoms with van der Waals surface area (Å²) in [6.45, 7) is 4.23. The van der Waals surface area contributed by atoms with Gasteiger partial charge in [0.05, 0.1) is 6.54 Å². The van der Waals surface area contributed by atoms with Crippen LogP contribution in [0.5, 0.6) is 0 Å². The Labute approximate surface area is 127 Å². The number of rotatable bonds is 5. The molecule has 5 heteroatoms. The Bertz CT molecular complexity index is 386. The Morgan fingerprint density at radius 2 is 1.95 bits per heavy atom. The van der Waals surface area contributed by atoms with Crippen molar-refractivity contribution in [1.29, 1.82) is 0 Å². The summed E-state index contributed by atoms with van der Waals surface area (Å²) in [4.78, 5) is 25.7. The van der Waals surface area contributed by atoms with Crippen molar-refractivity contribution >= 4 is 11.9 Å². The van der Waals surface area contributed by atoms with Crippen LogP contribution in [0.15, 0.2) is 0 Å². The lowest BCUT2D eigenvalue weighted by Gasteiger charge is -2.46. The normalized spacial score (nSPS) is 31.2. The van der Waals surface area contributed by atoms with Crippen molar-refractivity contribution in [3.63, 3.8) is 0 Å². The smallest absolute Gasteiger partial charge is 0.320 e. The molecule has 2 fully saturated rings. The fourth-order valence-electron chi connectivity index (χ4n) is 3.81. The maximum atomic E-state index is 12.2. The summed E-state index contributed by atoms with van der Waals surface area (Å²) < 4.78 is 0. The van der Waals surface area contributed by atoms with E-state index >= 15 is 0 Å². The predicted molar refractivity (Wildman–Crippen MR) is 81.0 cm³/mol. The Morgan fingerprint density at radius 1 is 1.24 bits per heavy atom. The lowest BCUT2D eigenvalue weighted by molar-refractivity contribution is -0.149. The topological polar surface area (TPSA) is 69.6 Å². The number of fused-ring (bicyclic) bond motifs is 1. The number of nitrogens with one attached hydrogen (secondary N) is 1. The van der Waals surface area contributed by atoms with Crippen LogP contribution in [0.3, 0.4) is 0 Å². The van der Waals surface area contributed by atoms with Crippen molar-refractivity contribution in [2.24, 2.45) is 5.92 Å². The molecule has 2 N–H and O–H groups in total. The number of piperidine rings is 1. The summed E-state index contributed by atoms with van der Waals surface area (Å²) in [7, 11) is 0. The number of carbonyl (C=O) groups is 2. The molecular weight excluding hydrogens is 268 g/mol. The standard InChI is InChI=1S/C16H28N2O3/c1-3-11(2)17-15(19)10-18-13-7-5-4-6-12(13)8-9-14(18)16(20)21/h11-14H,3-10H2,1-2H3,(H,17,19)(H,20,21). The summed E-state index contributed by atoms with van der Waals surface area (Å²) >= 11 is 0. The van der Waals surface area contributed by atoms with Gasteiger partial charge >= 0.3 is 5.97 Å². The van der Waals surface area contributed by atoms with E-state index in [0.717, 1.165) is 25.7 Å². The van der Waals surface area contributed by atoms with Gasteiger partial charge in [-0.2, -0.15) is 0 Å². The molecule has 2 rings (SSSR count). The average Bonchev–Trinajstić information content (AvgIpc) is 2.47. The van der Waals surface area contributed by atoms with Crippen LogP contribution in [-0.4, -0.2) is 46.6 Å². The molecule has 120 valence electrons. The number of aliphatic carboxylic acids is 1. The van der Waals surface area contributed by atoms with Crippen molar-refractivity contribution in [2.75, 3.05) is 6.54 Å². The molecule has 0 aromatic heterocycles. The van der Waals surface area contributed by atoms with Crippen LogP contribution in [0.4, 0.5) is 0 Å². The highest BCUT2D eigenvalue weighted by Crippen LogP contribution is 2.37. The molecular formula is C16H28N2O3. The summed E-state index contributed by atoms with van der Waals surface area (Å²) in [5, 5.41) is 12.4. The molecule has 0 spiro atoms. The van der Waals surface area contributed by atoms with Gasteiger partial charge in [0, 0.05) is 12.1 Å². The quantitative estimate of drug-likeness (QED) is 0.814. The van der Waals surface area contributed by atoms with Crippen LogP contribution in [-0.2, 0) is 9.59 Å².